The van der Waals surface area contributed by atoms with Gasteiger partial charge in [-0.1, -0.05) is 17.7 Å². The molecule has 5 nitrogen and oxygen atoms in total. The van der Waals surface area contributed by atoms with E-state index in [1.807, 2.05) is 16.8 Å². The van der Waals surface area contributed by atoms with Crippen molar-refractivity contribution in [2.45, 2.75) is 38.4 Å². The lowest BCUT2D eigenvalue weighted by Crippen LogP contribution is -2.35. The summed E-state index contributed by atoms with van der Waals surface area (Å²) in [6.07, 6.45) is 5.78. The third-order valence-corrected chi connectivity index (χ3v) is 4.74. The maximum absolute atomic E-state index is 6.27. The summed E-state index contributed by atoms with van der Waals surface area (Å²) in [5, 5.41) is 4.89. The highest BCUT2D eigenvalue weighted by Gasteiger charge is 2.29. The number of halogens is 1. The van der Waals surface area contributed by atoms with E-state index in [4.69, 9.17) is 16.3 Å². The Morgan fingerprint density at radius 2 is 2.32 bits per heavy atom. The first-order chi connectivity index (χ1) is 10.7. The molecule has 0 amide bonds. The Bertz CT molecular complexity index is 617. The number of ether oxygens (including phenoxy) is 1. The van der Waals surface area contributed by atoms with Crippen molar-refractivity contribution in [2.24, 2.45) is 0 Å². The second kappa shape index (κ2) is 6.67. The van der Waals surface area contributed by atoms with Gasteiger partial charge in [-0.05, 0) is 44.0 Å². The highest BCUT2D eigenvalue weighted by atomic mass is 35.5. The van der Waals surface area contributed by atoms with Gasteiger partial charge in [-0.15, -0.1) is 0 Å². The third-order valence-electron chi connectivity index (χ3n) is 4.44. The molecule has 1 aromatic carbocycles. The summed E-state index contributed by atoms with van der Waals surface area (Å²) in [5.41, 5.74) is 1.22. The predicted octanol–water partition coefficient (Wildman–Crippen LogP) is 3.17. The molecule has 118 valence electrons. The van der Waals surface area contributed by atoms with Gasteiger partial charge in [0.25, 0.3) is 0 Å². The minimum atomic E-state index is 0.319. The van der Waals surface area contributed by atoms with Gasteiger partial charge in [0.2, 0.25) is 0 Å². The highest BCUT2D eigenvalue weighted by molar-refractivity contribution is 6.32. The first kappa shape index (κ1) is 15.3. The SMILES string of the molecule is COc1ccc([C@H](C)N2CCC[C@@H]2Cn2cncn2)cc1Cl. The van der Waals surface area contributed by atoms with Gasteiger partial charge in [0.1, 0.15) is 18.4 Å². The van der Waals surface area contributed by atoms with Crippen LogP contribution in [-0.4, -0.2) is 39.4 Å². The lowest BCUT2D eigenvalue weighted by atomic mass is 10.1. The Hall–Kier alpha value is -1.59. The number of hydrogen-bond acceptors (Lipinski definition) is 4. The summed E-state index contributed by atoms with van der Waals surface area (Å²) in [4.78, 5) is 6.55. The van der Waals surface area contributed by atoms with Crippen LogP contribution in [0.1, 0.15) is 31.4 Å². The van der Waals surface area contributed by atoms with Crippen molar-refractivity contribution in [3.8, 4) is 5.75 Å². The second-order valence-corrected chi connectivity index (χ2v) is 6.13. The van der Waals surface area contributed by atoms with Crippen LogP contribution in [0.3, 0.4) is 0 Å². The quantitative estimate of drug-likeness (QED) is 0.848. The van der Waals surface area contributed by atoms with E-state index in [9.17, 15) is 0 Å². The van der Waals surface area contributed by atoms with Crippen LogP contribution in [0.25, 0.3) is 0 Å². The minimum absolute atomic E-state index is 0.319. The molecule has 0 radical (unpaired) electrons. The lowest BCUT2D eigenvalue weighted by molar-refractivity contribution is 0.173. The van der Waals surface area contributed by atoms with E-state index in [0.717, 1.165) is 18.8 Å². The molecule has 2 aromatic rings. The maximum atomic E-state index is 6.27. The normalized spacial score (nSPS) is 20.2. The molecule has 2 heterocycles. The van der Waals surface area contributed by atoms with Gasteiger partial charge < -0.3 is 4.74 Å². The first-order valence-electron chi connectivity index (χ1n) is 7.60. The Morgan fingerprint density at radius 3 is 3.00 bits per heavy atom. The van der Waals surface area contributed by atoms with Crippen molar-refractivity contribution in [1.29, 1.82) is 0 Å². The second-order valence-electron chi connectivity index (χ2n) is 5.72. The van der Waals surface area contributed by atoms with Crippen LogP contribution in [0.4, 0.5) is 0 Å². The molecule has 1 aliphatic heterocycles. The van der Waals surface area contributed by atoms with Gasteiger partial charge in [-0.2, -0.15) is 5.10 Å². The van der Waals surface area contributed by atoms with E-state index in [1.165, 1.54) is 18.4 Å². The van der Waals surface area contributed by atoms with Crippen LogP contribution < -0.4 is 4.74 Å². The fraction of sp³-hybridized carbons (Fsp3) is 0.500. The van der Waals surface area contributed by atoms with Crippen molar-refractivity contribution >= 4 is 11.6 Å². The van der Waals surface area contributed by atoms with Crippen LogP contribution in [0.5, 0.6) is 5.75 Å². The number of benzene rings is 1. The standard InChI is InChI=1S/C16H21ClN4O/c1-12(13-5-6-16(22-2)15(17)8-13)21-7-3-4-14(21)9-20-11-18-10-19-20/h5-6,8,10-12,14H,3-4,7,9H2,1-2H3/t12-,14+/m0/s1. The van der Waals surface area contributed by atoms with E-state index >= 15 is 0 Å². The topological polar surface area (TPSA) is 43.2 Å². The van der Waals surface area contributed by atoms with Crippen LogP contribution in [-0.2, 0) is 6.54 Å². The molecule has 3 rings (SSSR count). The number of methoxy groups -OCH3 is 1. The van der Waals surface area contributed by atoms with Gasteiger partial charge in [0, 0.05) is 12.1 Å². The van der Waals surface area contributed by atoms with Crippen LogP contribution in [0, 0.1) is 0 Å². The van der Waals surface area contributed by atoms with Crippen LogP contribution in [0.2, 0.25) is 5.02 Å². The number of aromatic nitrogens is 3. The summed E-state index contributed by atoms with van der Waals surface area (Å²) in [5.74, 6) is 0.721. The largest absolute Gasteiger partial charge is 0.495 e. The van der Waals surface area contributed by atoms with E-state index in [1.54, 1.807) is 19.8 Å². The summed E-state index contributed by atoms with van der Waals surface area (Å²) >= 11 is 6.27. The monoisotopic (exact) mass is 320 g/mol. The Balaban J connectivity index is 1.75. The van der Waals surface area contributed by atoms with Crippen molar-refractivity contribution < 1.29 is 4.74 Å². The summed E-state index contributed by atoms with van der Waals surface area (Å²) in [6, 6.07) is 6.85. The molecule has 0 N–H and O–H groups in total. The van der Waals surface area contributed by atoms with Crippen LogP contribution in [0.15, 0.2) is 30.9 Å². The van der Waals surface area contributed by atoms with Crippen molar-refractivity contribution in [2.75, 3.05) is 13.7 Å². The number of hydrogen-bond donors (Lipinski definition) is 0. The van der Waals surface area contributed by atoms with Gasteiger partial charge in [0.05, 0.1) is 18.7 Å². The molecule has 0 saturated carbocycles. The summed E-state index contributed by atoms with van der Waals surface area (Å²) in [6.45, 7) is 4.22. The third kappa shape index (κ3) is 3.10. The zero-order valence-electron chi connectivity index (χ0n) is 12.9. The maximum Gasteiger partial charge on any atom is 0.137 e. The smallest absolute Gasteiger partial charge is 0.137 e. The summed E-state index contributed by atoms with van der Waals surface area (Å²) in [7, 11) is 1.64. The average Bonchev–Trinajstić information content (AvgIpc) is 3.18. The van der Waals surface area contributed by atoms with E-state index < -0.39 is 0 Å². The molecule has 1 saturated heterocycles. The molecule has 2 atom stereocenters. The van der Waals surface area contributed by atoms with E-state index in [-0.39, 0.29) is 0 Å². The van der Waals surface area contributed by atoms with E-state index in [0.29, 0.717) is 17.1 Å². The van der Waals surface area contributed by atoms with Gasteiger partial charge >= 0.3 is 0 Å². The lowest BCUT2D eigenvalue weighted by Gasteiger charge is -2.31. The fourth-order valence-corrected chi connectivity index (χ4v) is 3.51. The van der Waals surface area contributed by atoms with Gasteiger partial charge in [0.15, 0.2) is 0 Å². The Labute approximate surface area is 135 Å². The van der Waals surface area contributed by atoms with Gasteiger partial charge in [-0.3, -0.25) is 9.58 Å². The minimum Gasteiger partial charge on any atom is -0.495 e. The van der Waals surface area contributed by atoms with Crippen LogP contribution >= 0.6 is 11.6 Å². The van der Waals surface area contributed by atoms with E-state index in [2.05, 4.69) is 28.0 Å². The van der Waals surface area contributed by atoms with Crippen molar-refractivity contribution in [3.05, 3.63) is 41.4 Å². The fourth-order valence-electron chi connectivity index (χ4n) is 3.24. The molecule has 1 aromatic heterocycles. The molecule has 0 bridgehead atoms. The predicted molar refractivity (Wildman–Crippen MR) is 86.2 cm³/mol. The number of rotatable bonds is 5. The number of nitrogens with zero attached hydrogens (tertiary/aromatic N) is 4. The Morgan fingerprint density at radius 1 is 1.45 bits per heavy atom. The number of likely N-dealkylation sites (tertiary alicyclic amines) is 1. The molecule has 22 heavy (non-hydrogen) atoms. The molecule has 0 aliphatic carbocycles. The molecular formula is C16H21ClN4O. The zero-order valence-corrected chi connectivity index (χ0v) is 13.7. The first-order valence-corrected chi connectivity index (χ1v) is 7.98. The zero-order chi connectivity index (χ0) is 15.5. The summed E-state index contributed by atoms with van der Waals surface area (Å²) < 4.78 is 7.15. The molecule has 1 fully saturated rings. The Kier molecular flexibility index (Phi) is 4.64. The van der Waals surface area contributed by atoms with Crippen molar-refractivity contribution in [3.63, 3.8) is 0 Å². The molecule has 0 unspecified atom stereocenters. The molecule has 6 heteroatoms. The molecule has 0 spiro atoms. The average molecular weight is 321 g/mol. The van der Waals surface area contributed by atoms with Crippen molar-refractivity contribution in [1.82, 2.24) is 19.7 Å². The van der Waals surface area contributed by atoms with Gasteiger partial charge in [-0.25, -0.2) is 4.98 Å². The molecule has 1 aliphatic rings. The highest BCUT2D eigenvalue weighted by Crippen LogP contribution is 2.33. The molecular weight excluding hydrogens is 300 g/mol.